The molecule has 9 heteroatoms. The van der Waals surface area contributed by atoms with E-state index in [-0.39, 0.29) is 5.75 Å². The highest BCUT2D eigenvalue weighted by Crippen LogP contribution is 2.24. The highest BCUT2D eigenvalue weighted by Gasteiger charge is 2.40. The Balaban J connectivity index is 2.54. The predicted molar refractivity (Wildman–Crippen MR) is 61.9 cm³/mol. The lowest BCUT2D eigenvalue weighted by Crippen LogP contribution is -2.52. The average molecular weight is 283 g/mol. The van der Waals surface area contributed by atoms with Crippen molar-refractivity contribution in [3.8, 4) is 0 Å². The molecule has 8 nitrogen and oxygen atoms in total. The quantitative estimate of drug-likeness (QED) is 0.264. The van der Waals surface area contributed by atoms with Crippen molar-refractivity contribution < 1.29 is 35.4 Å². The van der Waals surface area contributed by atoms with E-state index in [9.17, 15) is 20.1 Å². The molecule has 0 aliphatic carbocycles. The van der Waals surface area contributed by atoms with Crippen LogP contribution in [0.2, 0.25) is 0 Å². The van der Waals surface area contributed by atoms with Crippen LogP contribution in [0.3, 0.4) is 0 Å². The third-order valence-corrected chi connectivity index (χ3v) is 4.00. The fourth-order valence-electron chi connectivity index (χ4n) is 1.55. The van der Waals surface area contributed by atoms with E-state index in [1.165, 1.54) is 0 Å². The number of aliphatic hydroxyl groups is 5. The number of hydrogen-bond acceptors (Lipinski definition) is 8. The van der Waals surface area contributed by atoms with Crippen molar-refractivity contribution in [3.63, 3.8) is 0 Å². The number of thioether (sulfide) groups is 1. The standard InChI is InChI=1S/C9H17NO7S/c11-1-4(12)5(13)6(14)7(15)8-10-3(2-18-8)9(16)17/h3-8,10-15H,1-2H2,(H,16,17)/t3?,4-,5-,6+,7-,8?/m0/s1. The zero-order valence-corrected chi connectivity index (χ0v) is 10.2. The van der Waals surface area contributed by atoms with Crippen molar-refractivity contribution in [2.75, 3.05) is 12.4 Å². The summed E-state index contributed by atoms with van der Waals surface area (Å²) in [6.07, 6.45) is -6.44. The molecule has 0 aromatic rings. The lowest BCUT2D eigenvalue weighted by molar-refractivity contribution is -0.139. The van der Waals surface area contributed by atoms with E-state index in [1.54, 1.807) is 0 Å². The normalized spacial score (nSPS) is 30.7. The summed E-state index contributed by atoms with van der Waals surface area (Å²) in [6, 6.07) is -0.832. The molecule has 106 valence electrons. The Morgan fingerprint density at radius 3 is 2.33 bits per heavy atom. The molecule has 0 amide bonds. The zero-order chi connectivity index (χ0) is 13.9. The van der Waals surface area contributed by atoms with E-state index in [2.05, 4.69) is 5.32 Å². The minimum Gasteiger partial charge on any atom is -0.480 e. The zero-order valence-electron chi connectivity index (χ0n) is 9.38. The molecule has 0 spiro atoms. The molecule has 18 heavy (non-hydrogen) atoms. The number of nitrogens with one attached hydrogen (secondary N) is 1. The van der Waals surface area contributed by atoms with Crippen LogP contribution >= 0.6 is 11.8 Å². The summed E-state index contributed by atoms with van der Waals surface area (Å²) in [5.41, 5.74) is 0. The van der Waals surface area contributed by atoms with Gasteiger partial charge in [0, 0.05) is 5.75 Å². The summed E-state index contributed by atoms with van der Waals surface area (Å²) in [4.78, 5) is 10.7. The second kappa shape index (κ2) is 6.66. The summed E-state index contributed by atoms with van der Waals surface area (Å²) >= 11 is 1.09. The maximum atomic E-state index is 10.7. The fourth-order valence-corrected chi connectivity index (χ4v) is 2.81. The van der Waals surface area contributed by atoms with Gasteiger partial charge in [-0.15, -0.1) is 11.8 Å². The monoisotopic (exact) mass is 283 g/mol. The van der Waals surface area contributed by atoms with Crippen molar-refractivity contribution in [1.29, 1.82) is 0 Å². The molecule has 0 bridgehead atoms. The molecule has 1 heterocycles. The molecular formula is C9H17NO7S. The molecule has 0 aromatic heterocycles. The van der Waals surface area contributed by atoms with Gasteiger partial charge in [0.1, 0.15) is 30.5 Å². The van der Waals surface area contributed by atoms with Crippen LogP contribution in [0.15, 0.2) is 0 Å². The van der Waals surface area contributed by atoms with Crippen LogP contribution < -0.4 is 5.32 Å². The Hall–Kier alpha value is -0.420. The number of aliphatic carboxylic acids is 1. The molecule has 0 radical (unpaired) electrons. The molecular weight excluding hydrogens is 266 g/mol. The number of carboxylic acid groups (broad SMARTS) is 1. The van der Waals surface area contributed by atoms with Gasteiger partial charge in [-0.25, -0.2) is 0 Å². The first kappa shape index (κ1) is 15.6. The van der Waals surface area contributed by atoms with E-state index >= 15 is 0 Å². The van der Waals surface area contributed by atoms with Crippen LogP contribution in [0.1, 0.15) is 0 Å². The van der Waals surface area contributed by atoms with Gasteiger partial charge in [0.2, 0.25) is 0 Å². The second-order valence-electron chi connectivity index (χ2n) is 4.03. The Labute approximate surface area is 107 Å². The SMILES string of the molecule is O=C(O)C1CSC([C@@H](O)[C@H](O)[C@@H](O)[C@@H](O)CO)N1. The Kier molecular flexibility index (Phi) is 5.79. The van der Waals surface area contributed by atoms with Gasteiger partial charge in [-0.3, -0.25) is 10.1 Å². The summed E-state index contributed by atoms with van der Waals surface area (Å²) in [7, 11) is 0. The summed E-state index contributed by atoms with van der Waals surface area (Å²) in [5, 5.41) is 57.1. The van der Waals surface area contributed by atoms with E-state index in [4.69, 9.17) is 15.3 Å². The van der Waals surface area contributed by atoms with Crippen LogP contribution in [0.4, 0.5) is 0 Å². The van der Waals surface area contributed by atoms with E-state index in [1.807, 2.05) is 0 Å². The molecule has 0 aromatic carbocycles. The van der Waals surface area contributed by atoms with E-state index in [0.29, 0.717) is 0 Å². The summed E-state index contributed by atoms with van der Waals surface area (Å²) < 4.78 is 0. The lowest BCUT2D eigenvalue weighted by atomic mass is 10.0. The first-order valence-electron chi connectivity index (χ1n) is 5.32. The number of carboxylic acids is 1. The molecule has 1 aliphatic heterocycles. The van der Waals surface area contributed by atoms with Gasteiger partial charge in [0.15, 0.2) is 0 Å². The van der Waals surface area contributed by atoms with Gasteiger partial charge in [-0.1, -0.05) is 0 Å². The van der Waals surface area contributed by atoms with Gasteiger partial charge in [0.05, 0.1) is 12.0 Å². The molecule has 0 saturated carbocycles. The maximum absolute atomic E-state index is 10.7. The first-order chi connectivity index (χ1) is 8.38. The molecule has 2 unspecified atom stereocenters. The van der Waals surface area contributed by atoms with E-state index in [0.717, 1.165) is 11.8 Å². The second-order valence-corrected chi connectivity index (χ2v) is 5.21. The largest absolute Gasteiger partial charge is 0.480 e. The third kappa shape index (κ3) is 3.54. The molecule has 6 atom stereocenters. The van der Waals surface area contributed by atoms with Crippen LogP contribution in [0, 0.1) is 0 Å². The van der Waals surface area contributed by atoms with Crippen LogP contribution in [-0.2, 0) is 4.79 Å². The van der Waals surface area contributed by atoms with Gasteiger partial charge >= 0.3 is 5.97 Å². The van der Waals surface area contributed by atoms with Crippen molar-refractivity contribution >= 4 is 17.7 Å². The minimum atomic E-state index is -1.71. The van der Waals surface area contributed by atoms with Gasteiger partial charge in [-0.05, 0) is 0 Å². The Morgan fingerprint density at radius 2 is 1.89 bits per heavy atom. The van der Waals surface area contributed by atoms with Gasteiger partial charge in [-0.2, -0.15) is 0 Å². The summed E-state index contributed by atoms with van der Waals surface area (Å²) in [6.45, 7) is -0.756. The molecule has 7 N–H and O–H groups in total. The van der Waals surface area contributed by atoms with Crippen molar-refractivity contribution in [3.05, 3.63) is 0 Å². The highest BCUT2D eigenvalue weighted by atomic mass is 32.2. The summed E-state index contributed by atoms with van der Waals surface area (Å²) in [5.74, 6) is -0.842. The van der Waals surface area contributed by atoms with Gasteiger partial charge < -0.3 is 30.6 Å². The number of carbonyl (C=O) groups is 1. The van der Waals surface area contributed by atoms with Crippen molar-refractivity contribution in [2.45, 2.75) is 35.8 Å². The number of hydrogen-bond donors (Lipinski definition) is 7. The lowest BCUT2D eigenvalue weighted by Gasteiger charge is -2.28. The van der Waals surface area contributed by atoms with Crippen molar-refractivity contribution in [1.82, 2.24) is 5.32 Å². The molecule has 1 saturated heterocycles. The average Bonchev–Trinajstić information content (AvgIpc) is 2.84. The predicted octanol–water partition coefficient (Wildman–Crippen LogP) is -3.46. The molecule has 1 aliphatic rings. The van der Waals surface area contributed by atoms with Crippen LogP contribution in [0.5, 0.6) is 0 Å². The highest BCUT2D eigenvalue weighted by molar-refractivity contribution is 8.00. The molecule has 1 rings (SSSR count). The topological polar surface area (TPSA) is 150 Å². The van der Waals surface area contributed by atoms with Crippen LogP contribution in [-0.4, -0.2) is 84.8 Å². The third-order valence-electron chi connectivity index (χ3n) is 2.70. The Morgan fingerprint density at radius 1 is 1.28 bits per heavy atom. The minimum absolute atomic E-state index is 0.225. The van der Waals surface area contributed by atoms with E-state index < -0.39 is 48.4 Å². The van der Waals surface area contributed by atoms with Crippen molar-refractivity contribution in [2.24, 2.45) is 0 Å². The maximum Gasteiger partial charge on any atom is 0.321 e. The Bertz CT molecular complexity index is 292. The number of aliphatic hydroxyl groups excluding tert-OH is 5. The van der Waals surface area contributed by atoms with Gasteiger partial charge in [0.25, 0.3) is 0 Å². The number of rotatable bonds is 6. The fraction of sp³-hybridized carbons (Fsp3) is 0.889. The smallest absolute Gasteiger partial charge is 0.321 e. The van der Waals surface area contributed by atoms with Crippen LogP contribution in [0.25, 0.3) is 0 Å². The first-order valence-corrected chi connectivity index (χ1v) is 6.37. The molecule has 1 fully saturated rings.